The van der Waals surface area contributed by atoms with Crippen molar-refractivity contribution < 1.29 is 9.50 Å². The summed E-state index contributed by atoms with van der Waals surface area (Å²) in [7, 11) is 0. The zero-order chi connectivity index (χ0) is 12.3. The van der Waals surface area contributed by atoms with Crippen LogP contribution in [0.1, 0.15) is 18.6 Å². The van der Waals surface area contributed by atoms with Crippen molar-refractivity contribution in [2.75, 3.05) is 0 Å². The fourth-order valence-corrected chi connectivity index (χ4v) is 2.23. The van der Waals surface area contributed by atoms with Crippen LogP contribution < -0.4 is 0 Å². The Bertz CT molecular complexity index is 516. The third-order valence-corrected chi connectivity index (χ3v) is 3.28. The topological polar surface area (TPSA) is 33.1 Å². The minimum absolute atomic E-state index is 0.262. The molecule has 0 aliphatic rings. The first-order valence-electron chi connectivity index (χ1n) is 5.23. The van der Waals surface area contributed by atoms with Crippen molar-refractivity contribution >= 4 is 11.8 Å². The largest absolute Gasteiger partial charge is 0.389 e. The van der Waals surface area contributed by atoms with E-state index in [-0.39, 0.29) is 5.82 Å². The highest BCUT2D eigenvalue weighted by Gasteiger charge is 2.06. The van der Waals surface area contributed by atoms with Crippen LogP contribution in [0.25, 0.3) is 0 Å². The highest BCUT2D eigenvalue weighted by atomic mass is 32.2. The van der Waals surface area contributed by atoms with E-state index < -0.39 is 6.10 Å². The fourth-order valence-electron chi connectivity index (χ4n) is 1.38. The molecule has 88 valence electrons. The molecule has 0 aliphatic heterocycles. The summed E-state index contributed by atoms with van der Waals surface area (Å²) >= 11 is 1.25. The maximum atomic E-state index is 13.4. The Morgan fingerprint density at radius 3 is 2.76 bits per heavy atom. The summed E-state index contributed by atoms with van der Waals surface area (Å²) in [4.78, 5) is 4.67. The van der Waals surface area contributed by atoms with Gasteiger partial charge in [-0.25, -0.2) is 9.37 Å². The Kier molecular flexibility index (Phi) is 3.76. The van der Waals surface area contributed by atoms with E-state index in [2.05, 4.69) is 4.98 Å². The van der Waals surface area contributed by atoms with Crippen LogP contribution in [0.3, 0.4) is 0 Å². The summed E-state index contributed by atoms with van der Waals surface area (Å²) in [5.74, 6) is -0.262. The SMILES string of the molecule is C[C@H](O)c1ccnc(Sc2ccccc2F)c1. The highest BCUT2D eigenvalue weighted by molar-refractivity contribution is 7.99. The Balaban J connectivity index is 2.25. The number of aliphatic hydroxyl groups excluding tert-OH is 1. The number of hydrogen-bond donors (Lipinski definition) is 1. The second-order valence-corrected chi connectivity index (χ2v) is 4.70. The van der Waals surface area contributed by atoms with Crippen molar-refractivity contribution in [3.63, 3.8) is 0 Å². The molecule has 2 aromatic rings. The van der Waals surface area contributed by atoms with Crippen molar-refractivity contribution in [3.8, 4) is 0 Å². The zero-order valence-electron chi connectivity index (χ0n) is 9.30. The molecule has 2 nitrogen and oxygen atoms in total. The van der Waals surface area contributed by atoms with Gasteiger partial charge in [0.2, 0.25) is 0 Å². The minimum atomic E-state index is -0.544. The molecule has 0 unspecified atom stereocenters. The summed E-state index contributed by atoms with van der Waals surface area (Å²) in [6.45, 7) is 1.69. The fraction of sp³-hybridized carbons (Fsp3) is 0.154. The van der Waals surface area contributed by atoms with Crippen LogP contribution in [0, 0.1) is 5.82 Å². The molecular formula is C13H12FNOS. The number of aliphatic hydroxyl groups is 1. The number of benzene rings is 1. The van der Waals surface area contributed by atoms with Gasteiger partial charge in [-0.1, -0.05) is 23.9 Å². The summed E-state index contributed by atoms with van der Waals surface area (Å²) in [6.07, 6.45) is 1.07. The van der Waals surface area contributed by atoms with Crippen molar-refractivity contribution in [2.45, 2.75) is 22.9 Å². The molecule has 2 rings (SSSR count). The lowest BCUT2D eigenvalue weighted by molar-refractivity contribution is 0.199. The smallest absolute Gasteiger partial charge is 0.137 e. The van der Waals surface area contributed by atoms with Crippen molar-refractivity contribution in [1.29, 1.82) is 0 Å². The average molecular weight is 249 g/mol. The summed E-state index contributed by atoms with van der Waals surface area (Å²) in [5.41, 5.74) is 0.777. The maximum absolute atomic E-state index is 13.4. The number of nitrogens with zero attached hydrogens (tertiary/aromatic N) is 1. The van der Waals surface area contributed by atoms with E-state index in [1.807, 2.05) is 0 Å². The van der Waals surface area contributed by atoms with Gasteiger partial charge in [0.25, 0.3) is 0 Å². The molecule has 1 aromatic heterocycles. The average Bonchev–Trinajstić information content (AvgIpc) is 2.32. The van der Waals surface area contributed by atoms with E-state index in [0.29, 0.717) is 9.92 Å². The Labute approximate surface area is 104 Å². The molecule has 0 saturated carbocycles. The second kappa shape index (κ2) is 5.29. The van der Waals surface area contributed by atoms with E-state index in [1.54, 1.807) is 43.5 Å². The third-order valence-electron chi connectivity index (χ3n) is 2.29. The molecule has 1 aromatic carbocycles. The number of hydrogen-bond acceptors (Lipinski definition) is 3. The molecular weight excluding hydrogens is 237 g/mol. The number of aromatic nitrogens is 1. The lowest BCUT2D eigenvalue weighted by atomic mass is 10.2. The zero-order valence-corrected chi connectivity index (χ0v) is 10.1. The molecule has 17 heavy (non-hydrogen) atoms. The molecule has 0 aliphatic carbocycles. The van der Waals surface area contributed by atoms with Crippen LogP contribution in [0.5, 0.6) is 0 Å². The van der Waals surface area contributed by atoms with Gasteiger partial charge in [-0.2, -0.15) is 0 Å². The summed E-state index contributed by atoms with van der Waals surface area (Å²) in [5, 5.41) is 10.1. The molecule has 0 bridgehead atoms. The minimum Gasteiger partial charge on any atom is -0.389 e. The summed E-state index contributed by atoms with van der Waals surface area (Å²) < 4.78 is 13.4. The van der Waals surface area contributed by atoms with E-state index in [0.717, 1.165) is 5.56 Å². The second-order valence-electron chi connectivity index (χ2n) is 3.64. The van der Waals surface area contributed by atoms with Crippen molar-refractivity contribution in [1.82, 2.24) is 4.98 Å². The van der Waals surface area contributed by atoms with Crippen LogP contribution in [0.2, 0.25) is 0 Å². The number of rotatable bonds is 3. The summed E-state index contributed by atoms with van der Waals surface area (Å²) in [6, 6.07) is 10.1. The molecule has 1 N–H and O–H groups in total. The lowest BCUT2D eigenvalue weighted by Gasteiger charge is -2.06. The van der Waals surface area contributed by atoms with Gasteiger partial charge in [-0.3, -0.25) is 0 Å². The quantitative estimate of drug-likeness (QED) is 0.904. The van der Waals surface area contributed by atoms with Gasteiger partial charge in [-0.15, -0.1) is 0 Å². The first-order chi connectivity index (χ1) is 8.16. The van der Waals surface area contributed by atoms with Gasteiger partial charge in [-0.05, 0) is 36.8 Å². The molecule has 1 heterocycles. The monoisotopic (exact) mass is 249 g/mol. The van der Waals surface area contributed by atoms with E-state index in [9.17, 15) is 9.50 Å². The molecule has 4 heteroatoms. The van der Waals surface area contributed by atoms with Gasteiger partial charge < -0.3 is 5.11 Å². The Morgan fingerprint density at radius 2 is 2.06 bits per heavy atom. The van der Waals surface area contributed by atoms with E-state index in [4.69, 9.17) is 0 Å². The van der Waals surface area contributed by atoms with Crippen molar-refractivity contribution in [3.05, 3.63) is 54.0 Å². The third kappa shape index (κ3) is 3.05. The van der Waals surface area contributed by atoms with Gasteiger partial charge in [0.05, 0.1) is 6.10 Å². The van der Waals surface area contributed by atoms with Crippen LogP contribution in [0.15, 0.2) is 52.5 Å². The Morgan fingerprint density at radius 1 is 1.29 bits per heavy atom. The molecule has 0 fully saturated rings. The lowest BCUT2D eigenvalue weighted by Crippen LogP contribution is -1.92. The van der Waals surface area contributed by atoms with Crippen LogP contribution in [-0.2, 0) is 0 Å². The predicted octanol–water partition coefficient (Wildman–Crippen LogP) is 3.43. The van der Waals surface area contributed by atoms with E-state index in [1.165, 1.54) is 17.8 Å². The highest BCUT2D eigenvalue weighted by Crippen LogP contribution is 2.29. The predicted molar refractivity (Wildman–Crippen MR) is 65.4 cm³/mol. The van der Waals surface area contributed by atoms with Crippen LogP contribution in [-0.4, -0.2) is 10.1 Å². The van der Waals surface area contributed by atoms with Crippen LogP contribution in [0.4, 0.5) is 4.39 Å². The van der Waals surface area contributed by atoms with Gasteiger partial charge in [0.1, 0.15) is 10.8 Å². The standard InChI is InChI=1S/C13H12FNOS/c1-9(16)10-6-7-15-13(8-10)17-12-5-3-2-4-11(12)14/h2-9,16H,1H3/t9-/m0/s1. The molecule has 0 amide bonds. The molecule has 0 saturated heterocycles. The van der Waals surface area contributed by atoms with Gasteiger partial charge >= 0.3 is 0 Å². The van der Waals surface area contributed by atoms with Gasteiger partial charge in [0.15, 0.2) is 0 Å². The molecule has 1 atom stereocenters. The normalized spacial score (nSPS) is 12.4. The number of halogens is 1. The van der Waals surface area contributed by atoms with Crippen LogP contribution >= 0.6 is 11.8 Å². The first kappa shape index (κ1) is 12.1. The molecule has 0 radical (unpaired) electrons. The Hall–Kier alpha value is -1.39. The molecule has 0 spiro atoms. The van der Waals surface area contributed by atoms with E-state index >= 15 is 0 Å². The van der Waals surface area contributed by atoms with Crippen molar-refractivity contribution in [2.24, 2.45) is 0 Å². The van der Waals surface area contributed by atoms with Gasteiger partial charge in [0, 0.05) is 11.1 Å². The maximum Gasteiger partial charge on any atom is 0.137 e. The first-order valence-corrected chi connectivity index (χ1v) is 6.05. The number of pyridine rings is 1.